The predicted octanol–water partition coefficient (Wildman–Crippen LogP) is 6.37. The summed E-state index contributed by atoms with van der Waals surface area (Å²) < 4.78 is 5.40. The van der Waals surface area contributed by atoms with Crippen molar-refractivity contribution in [3.8, 4) is 5.75 Å². The summed E-state index contributed by atoms with van der Waals surface area (Å²) in [6.07, 6.45) is 2.34. The van der Waals surface area contributed by atoms with Gasteiger partial charge < -0.3 is 4.74 Å². The summed E-state index contributed by atoms with van der Waals surface area (Å²) >= 11 is 25.2. The third-order valence-corrected chi connectivity index (χ3v) is 5.61. The maximum atomic E-state index is 12.1. The Morgan fingerprint density at radius 3 is 2.59 bits per heavy atom. The van der Waals surface area contributed by atoms with E-state index in [1.54, 1.807) is 30.5 Å². The Labute approximate surface area is 180 Å². The summed E-state index contributed by atoms with van der Waals surface area (Å²) in [5.41, 5.74) is 1.00. The highest BCUT2D eigenvalue weighted by Crippen LogP contribution is 2.28. The molecule has 3 rings (SSSR count). The quantitative estimate of drug-likeness (QED) is 0.464. The van der Waals surface area contributed by atoms with Crippen LogP contribution < -0.4 is 10.1 Å². The second-order valence-electron chi connectivity index (χ2n) is 5.47. The lowest BCUT2D eigenvalue weighted by Crippen LogP contribution is -2.20. The van der Waals surface area contributed by atoms with Crippen molar-refractivity contribution in [1.82, 2.24) is 4.98 Å². The number of ether oxygens (including phenoxy) is 1. The second kappa shape index (κ2) is 9.13. The highest BCUT2D eigenvalue weighted by Gasteiger charge is 2.10. The van der Waals surface area contributed by atoms with Gasteiger partial charge in [0, 0.05) is 28.6 Å². The number of aromatic nitrogens is 1. The van der Waals surface area contributed by atoms with E-state index in [9.17, 15) is 4.79 Å². The highest BCUT2D eigenvalue weighted by molar-refractivity contribution is 7.15. The number of hydrogen-bond acceptors (Lipinski definition) is 4. The lowest BCUT2D eigenvalue weighted by molar-refractivity contribution is -0.118. The maximum absolute atomic E-state index is 12.1. The standard InChI is InChI=1S/C18H12Cl4N2O2S/c19-11-2-4-14(21)16(7-11)26-9-17(25)24-18-23-8-12(27-18)5-10-1-3-13(20)15(22)6-10/h1-4,6-8H,5,9H2,(H,23,24,25). The SMILES string of the molecule is O=C(COc1cc(Cl)ccc1Cl)Nc1ncc(Cc2ccc(Cl)c(Cl)c2)s1. The molecule has 9 heteroatoms. The molecule has 4 nitrogen and oxygen atoms in total. The minimum absolute atomic E-state index is 0.207. The Morgan fingerprint density at radius 1 is 1.04 bits per heavy atom. The third-order valence-electron chi connectivity index (χ3n) is 3.41. The van der Waals surface area contributed by atoms with Crippen LogP contribution >= 0.6 is 57.7 Å². The van der Waals surface area contributed by atoms with Gasteiger partial charge in [-0.05, 0) is 29.8 Å². The van der Waals surface area contributed by atoms with Crippen LogP contribution in [0, 0.1) is 0 Å². The zero-order valence-corrected chi connectivity index (χ0v) is 17.5. The first-order valence-electron chi connectivity index (χ1n) is 7.67. The van der Waals surface area contributed by atoms with Gasteiger partial charge >= 0.3 is 0 Å². The molecule has 2 aromatic carbocycles. The smallest absolute Gasteiger partial charge is 0.264 e. The number of carbonyl (C=O) groups is 1. The van der Waals surface area contributed by atoms with Crippen LogP contribution in [0.25, 0.3) is 0 Å². The van der Waals surface area contributed by atoms with Gasteiger partial charge in [-0.25, -0.2) is 4.98 Å². The molecule has 0 saturated carbocycles. The molecule has 140 valence electrons. The number of thiazole rings is 1. The van der Waals surface area contributed by atoms with Crippen LogP contribution in [0.4, 0.5) is 5.13 Å². The van der Waals surface area contributed by atoms with Gasteiger partial charge in [-0.15, -0.1) is 11.3 Å². The van der Waals surface area contributed by atoms with Crippen LogP contribution in [-0.2, 0) is 11.2 Å². The minimum atomic E-state index is -0.346. The molecule has 1 N–H and O–H groups in total. The summed E-state index contributed by atoms with van der Waals surface area (Å²) in [6.45, 7) is -0.207. The van der Waals surface area contributed by atoms with Gasteiger partial charge in [0.25, 0.3) is 5.91 Å². The van der Waals surface area contributed by atoms with E-state index in [1.165, 1.54) is 11.3 Å². The molecular weight excluding hydrogens is 450 g/mol. The third kappa shape index (κ3) is 5.74. The van der Waals surface area contributed by atoms with Crippen molar-refractivity contribution in [3.63, 3.8) is 0 Å². The maximum Gasteiger partial charge on any atom is 0.264 e. The van der Waals surface area contributed by atoms with Crippen LogP contribution in [0.5, 0.6) is 5.75 Å². The predicted molar refractivity (Wildman–Crippen MR) is 112 cm³/mol. The van der Waals surface area contributed by atoms with Gasteiger partial charge in [0.15, 0.2) is 11.7 Å². The van der Waals surface area contributed by atoms with E-state index in [2.05, 4.69) is 10.3 Å². The number of hydrogen-bond donors (Lipinski definition) is 1. The number of amides is 1. The van der Waals surface area contributed by atoms with E-state index >= 15 is 0 Å². The summed E-state index contributed by atoms with van der Waals surface area (Å²) in [7, 11) is 0. The molecular formula is C18H12Cl4N2O2S. The van der Waals surface area contributed by atoms with Crippen molar-refractivity contribution in [3.05, 3.63) is 73.1 Å². The summed E-state index contributed by atoms with van der Waals surface area (Å²) in [5.74, 6) is 0.000223. The molecule has 0 bridgehead atoms. The number of halogens is 4. The number of carbonyl (C=O) groups excluding carboxylic acids is 1. The van der Waals surface area contributed by atoms with E-state index in [1.807, 2.05) is 12.1 Å². The zero-order chi connectivity index (χ0) is 19.4. The number of nitrogens with zero attached hydrogens (tertiary/aromatic N) is 1. The number of anilines is 1. The average Bonchev–Trinajstić information content (AvgIpc) is 3.06. The van der Waals surface area contributed by atoms with E-state index in [0.29, 0.717) is 37.4 Å². The van der Waals surface area contributed by atoms with Crippen LogP contribution in [0.3, 0.4) is 0 Å². The van der Waals surface area contributed by atoms with Crippen molar-refractivity contribution in [2.75, 3.05) is 11.9 Å². The fourth-order valence-electron chi connectivity index (χ4n) is 2.18. The first-order valence-corrected chi connectivity index (χ1v) is 10.00. The first-order chi connectivity index (χ1) is 12.9. The number of rotatable bonds is 6. The van der Waals surface area contributed by atoms with Gasteiger partial charge in [0.2, 0.25) is 0 Å². The Balaban J connectivity index is 1.56. The largest absolute Gasteiger partial charge is 0.482 e. The van der Waals surface area contributed by atoms with Crippen molar-refractivity contribution >= 4 is 68.8 Å². The molecule has 1 aromatic heterocycles. The molecule has 0 aliphatic rings. The van der Waals surface area contributed by atoms with E-state index in [4.69, 9.17) is 51.1 Å². The van der Waals surface area contributed by atoms with Crippen LogP contribution in [0.2, 0.25) is 20.1 Å². The van der Waals surface area contributed by atoms with E-state index < -0.39 is 0 Å². The molecule has 0 aliphatic heterocycles. The highest BCUT2D eigenvalue weighted by atomic mass is 35.5. The summed E-state index contributed by atoms with van der Waals surface area (Å²) in [4.78, 5) is 17.2. The van der Waals surface area contributed by atoms with Crippen molar-refractivity contribution in [1.29, 1.82) is 0 Å². The molecule has 0 spiro atoms. The molecule has 0 unspecified atom stereocenters. The van der Waals surface area contributed by atoms with Crippen LogP contribution in [0.15, 0.2) is 42.6 Å². The van der Waals surface area contributed by atoms with Gasteiger partial charge in [-0.1, -0.05) is 52.5 Å². The monoisotopic (exact) mass is 460 g/mol. The number of nitrogens with one attached hydrogen (secondary N) is 1. The molecule has 3 aromatic rings. The van der Waals surface area contributed by atoms with Gasteiger partial charge in [0.05, 0.1) is 15.1 Å². The van der Waals surface area contributed by atoms with Crippen molar-refractivity contribution in [2.45, 2.75) is 6.42 Å². The molecule has 27 heavy (non-hydrogen) atoms. The van der Waals surface area contributed by atoms with E-state index in [0.717, 1.165) is 10.4 Å². The molecule has 0 aliphatic carbocycles. The summed E-state index contributed by atoms with van der Waals surface area (Å²) in [5, 5.41) is 5.04. The molecule has 0 radical (unpaired) electrons. The lowest BCUT2D eigenvalue weighted by Gasteiger charge is -2.07. The Bertz CT molecular complexity index is 978. The Kier molecular flexibility index (Phi) is 6.84. The first kappa shape index (κ1) is 20.2. The molecule has 1 amide bonds. The number of benzene rings is 2. The summed E-state index contributed by atoms with van der Waals surface area (Å²) in [6, 6.07) is 10.3. The molecule has 1 heterocycles. The average molecular weight is 462 g/mol. The lowest BCUT2D eigenvalue weighted by atomic mass is 10.1. The van der Waals surface area contributed by atoms with Gasteiger partial charge in [0.1, 0.15) is 5.75 Å². The van der Waals surface area contributed by atoms with Crippen LogP contribution in [-0.4, -0.2) is 17.5 Å². The van der Waals surface area contributed by atoms with Crippen molar-refractivity contribution in [2.24, 2.45) is 0 Å². The normalized spacial score (nSPS) is 10.7. The fourth-order valence-corrected chi connectivity index (χ4v) is 3.70. The molecule has 0 saturated heterocycles. The fraction of sp³-hybridized carbons (Fsp3) is 0.111. The van der Waals surface area contributed by atoms with E-state index in [-0.39, 0.29) is 12.5 Å². The molecule has 0 atom stereocenters. The Morgan fingerprint density at radius 2 is 1.81 bits per heavy atom. The van der Waals surface area contributed by atoms with Gasteiger partial charge in [-0.3, -0.25) is 10.1 Å². The topological polar surface area (TPSA) is 51.2 Å². The van der Waals surface area contributed by atoms with Gasteiger partial charge in [-0.2, -0.15) is 0 Å². The second-order valence-corrected chi connectivity index (χ2v) is 8.24. The Hall–Kier alpha value is -1.50. The molecule has 0 fully saturated rings. The van der Waals surface area contributed by atoms with Crippen LogP contribution in [0.1, 0.15) is 10.4 Å². The minimum Gasteiger partial charge on any atom is -0.482 e. The van der Waals surface area contributed by atoms with Crippen molar-refractivity contribution < 1.29 is 9.53 Å². The zero-order valence-electron chi connectivity index (χ0n) is 13.6.